The third-order valence-electron chi connectivity index (χ3n) is 2.99. The molecule has 0 spiro atoms. The maximum Gasteiger partial charge on any atom is 0.119 e. The Balaban J connectivity index is 2.34. The molecular weight excluding hydrogens is 212 g/mol. The molecule has 1 aromatic carbocycles. The molecule has 3 heteroatoms. The van der Waals surface area contributed by atoms with E-state index in [-0.39, 0.29) is 5.92 Å². The molecule has 90 valence electrons. The molecule has 0 aliphatic carbocycles. The van der Waals surface area contributed by atoms with Crippen LogP contribution >= 0.6 is 0 Å². The molecule has 17 heavy (non-hydrogen) atoms. The molecule has 0 amide bonds. The van der Waals surface area contributed by atoms with Crippen LogP contribution in [0.2, 0.25) is 0 Å². The zero-order valence-corrected chi connectivity index (χ0v) is 10.3. The molecule has 0 aliphatic heterocycles. The first-order valence-corrected chi connectivity index (χ1v) is 5.70. The van der Waals surface area contributed by atoms with Gasteiger partial charge < -0.3 is 15.0 Å². The molecule has 1 atom stereocenters. The molecule has 0 radical (unpaired) electrons. The number of hydrogen-bond acceptors (Lipinski definition) is 2. The van der Waals surface area contributed by atoms with Gasteiger partial charge in [-0.3, -0.25) is 0 Å². The van der Waals surface area contributed by atoms with Crippen molar-refractivity contribution >= 4 is 0 Å². The molecule has 2 aromatic rings. The van der Waals surface area contributed by atoms with Crippen molar-refractivity contribution in [2.24, 2.45) is 12.8 Å². The maximum absolute atomic E-state index is 5.89. The van der Waals surface area contributed by atoms with Crippen LogP contribution in [-0.2, 0) is 7.05 Å². The summed E-state index contributed by atoms with van der Waals surface area (Å²) in [6, 6.07) is 10.2. The number of ether oxygens (including phenoxy) is 1. The topological polar surface area (TPSA) is 40.2 Å². The van der Waals surface area contributed by atoms with Crippen LogP contribution < -0.4 is 10.5 Å². The van der Waals surface area contributed by atoms with Crippen molar-refractivity contribution in [2.45, 2.75) is 5.92 Å². The number of aryl methyl sites for hydroxylation is 1. The summed E-state index contributed by atoms with van der Waals surface area (Å²) in [6.07, 6.45) is 4.15. The number of rotatable bonds is 4. The van der Waals surface area contributed by atoms with Gasteiger partial charge in [-0.1, -0.05) is 12.1 Å². The second kappa shape index (κ2) is 5.06. The molecule has 1 heterocycles. The minimum absolute atomic E-state index is 0.228. The normalized spacial score (nSPS) is 12.4. The standard InChI is InChI=1S/C14H18N2O/c1-16-7-6-12(10-16)14(9-15)11-4-3-5-13(8-11)17-2/h3-8,10,14H,9,15H2,1-2H3. The molecule has 0 saturated heterocycles. The highest BCUT2D eigenvalue weighted by atomic mass is 16.5. The van der Waals surface area contributed by atoms with Crippen LogP contribution in [0.5, 0.6) is 5.75 Å². The molecule has 0 fully saturated rings. The molecule has 2 rings (SSSR count). The van der Waals surface area contributed by atoms with Crippen LogP contribution in [0.1, 0.15) is 17.0 Å². The first-order chi connectivity index (χ1) is 8.24. The summed E-state index contributed by atoms with van der Waals surface area (Å²) in [5.41, 5.74) is 8.32. The largest absolute Gasteiger partial charge is 0.497 e. The van der Waals surface area contributed by atoms with E-state index in [1.165, 1.54) is 11.1 Å². The van der Waals surface area contributed by atoms with Gasteiger partial charge in [0.05, 0.1) is 7.11 Å². The van der Waals surface area contributed by atoms with Gasteiger partial charge in [-0.15, -0.1) is 0 Å². The Kier molecular flexibility index (Phi) is 3.49. The smallest absolute Gasteiger partial charge is 0.119 e. The number of hydrogen-bond donors (Lipinski definition) is 1. The van der Waals surface area contributed by atoms with Crippen molar-refractivity contribution in [1.29, 1.82) is 0 Å². The first kappa shape index (κ1) is 11.7. The van der Waals surface area contributed by atoms with E-state index in [0.29, 0.717) is 6.54 Å². The van der Waals surface area contributed by atoms with Gasteiger partial charge in [0.2, 0.25) is 0 Å². The predicted octanol–water partition coefficient (Wildman–Crippen LogP) is 2.12. The number of nitrogens with two attached hydrogens (primary N) is 1. The van der Waals surface area contributed by atoms with Crippen LogP contribution in [0.3, 0.4) is 0 Å². The van der Waals surface area contributed by atoms with E-state index in [2.05, 4.69) is 18.3 Å². The summed E-state index contributed by atoms with van der Waals surface area (Å²) in [6.45, 7) is 0.594. The van der Waals surface area contributed by atoms with Crippen molar-refractivity contribution in [1.82, 2.24) is 4.57 Å². The third kappa shape index (κ3) is 2.50. The molecule has 2 N–H and O–H groups in total. The summed E-state index contributed by atoms with van der Waals surface area (Å²) in [4.78, 5) is 0. The molecule has 0 bridgehead atoms. The van der Waals surface area contributed by atoms with Crippen molar-refractivity contribution in [3.05, 3.63) is 53.9 Å². The molecule has 1 unspecified atom stereocenters. The highest BCUT2D eigenvalue weighted by Gasteiger charge is 2.13. The fraction of sp³-hybridized carbons (Fsp3) is 0.286. The lowest BCUT2D eigenvalue weighted by atomic mass is 9.93. The van der Waals surface area contributed by atoms with Crippen molar-refractivity contribution in [2.75, 3.05) is 13.7 Å². The Morgan fingerprint density at radius 2 is 2.12 bits per heavy atom. The molecular formula is C14H18N2O. The monoisotopic (exact) mass is 230 g/mol. The van der Waals surface area contributed by atoms with Gasteiger partial charge in [0, 0.05) is 31.9 Å². The van der Waals surface area contributed by atoms with Gasteiger partial charge in [0.15, 0.2) is 0 Å². The second-order valence-corrected chi connectivity index (χ2v) is 4.18. The summed E-state index contributed by atoms with van der Waals surface area (Å²) in [7, 11) is 3.70. The Labute approximate surface area is 102 Å². The van der Waals surface area contributed by atoms with Crippen LogP contribution in [-0.4, -0.2) is 18.2 Å². The molecule has 3 nitrogen and oxygen atoms in total. The number of benzene rings is 1. The van der Waals surface area contributed by atoms with Gasteiger partial charge in [-0.25, -0.2) is 0 Å². The van der Waals surface area contributed by atoms with Crippen molar-refractivity contribution < 1.29 is 4.74 Å². The minimum Gasteiger partial charge on any atom is -0.497 e. The summed E-state index contributed by atoms with van der Waals surface area (Å²) >= 11 is 0. The van der Waals surface area contributed by atoms with E-state index in [9.17, 15) is 0 Å². The zero-order valence-electron chi connectivity index (χ0n) is 10.3. The fourth-order valence-electron chi connectivity index (χ4n) is 2.05. The Morgan fingerprint density at radius 3 is 2.71 bits per heavy atom. The highest BCUT2D eigenvalue weighted by Crippen LogP contribution is 2.26. The van der Waals surface area contributed by atoms with Crippen molar-refractivity contribution in [3.8, 4) is 5.75 Å². The number of nitrogens with zero attached hydrogens (tertiary/aromatic N) is 1. The number of aromatic nitrogens is 1. The van der Waals surface area contributed by atoms with E-state index in [1.807, 2.05) is 36.0 Å². The van der Waals surface area contributed by atoms with Gasteiger partial charge in [0.25, 0.3) is 0 Å². The highest BCUT2D eigenvalue weighted by molar-refractivity contribution is 5.36. The minimum atomic E-state index is 0.228. The quantitative estimate of drug-likeness (QED) is 0.874. The Hall–Kier alpha value is -1.74. The summed E-state index contributed by atoms with van der Waals surface area (Å²) in [5.74, 6) is 1.10. The van der Waals surface area contributed by atoms with Gasteiger partial charge in [-0.05, 0) is 29.3 Å². The van der Waals surface area contributed by atoms with Crippen LogP contribution in [0.15, 0.2) is 42.7 Å². The predicted molar refractivity (Wildman–Crippen MR) is 69.3 cm³/mol. The molecule has 0 aliphatic rings. The summed E-state index contributed by atoms with van der Waals surface area (Å²) in [5, 5.41) is 0. The maximum atomic E-state index is 5.89. The third-order valence-corrected chi connectivity index (χ3v) is 2.99. The number of methoxy groups -OCH3 is 1. The van der Waals surface area contributed by atoms with Crippen molar-refractivity contribution in [3.63, 3.8) is 0 Å². The lowest BCUT2D eigenvalue weighted by molar-refractivity contribution is 0.414. The lowest BCUT2D eigenvalue weighted by Crippen LogP contribution is -2.13. The Bertz CT molecular complexity index is 490. The molecule has 1 aromatic heterocycles. The zero-order chi connectivity index (χ0) is 12.3. The average molecular weight is 230 g/mol. The van der Waals surface area contributed by atoms with Crippen LogP contribution in [0.25, 0.3) is 0 Å². The van der Waals surface area contributed by atoms with E-state index in [0.717, 1.165) is 5.75 Å². The van der Waals surface area contributed by atoms with Gasteiger partial charge >= 0.3 is 0 Å². The van der Waals surface area contributed by atoms with E-state index in [1.54, 1.807) is 7.11 Å². The average Bonchev–Trinajstić information content (AvgIpc) is 2.77. The Morgan fingerprint density at radius 1 is 1.29 bits per heavy atom. The van der Waals surface area contributed by atoms with Crippen LogP contribution in [0, 0.1) is 0 Å². The SMILES string of the molecule is COc1cccc(C(CN)c2ccn(C)c2)c1. The van der Waals surface area contributed by atoms with Gasteiger partial charge in [0.1, 0.15) is 5.75 Å². The second-order valence-electron chi connectivity index (χ2n) is 4.18. The fourth-order valence-corrected chi connectivity index (χ4v) is 2.05. The van der Waals surface area contributed by atoms with E-state index < -0.39 is 0 Å². The van der Waals surface area contributed by atoms with Gasteiger partial charge in [-0.2, -0.15) is 0 Å². The van der Waals surface area contributed by atoms with E-state index >= 15 is 0 Å². The molecule has 0 saturated carbocycles. The van der Waals surface area contributed by atoms with Crippen LogP contribution in [0.4, 0.5) is 0 Å². The summed E-state index contributed by atoms with van der Waals surface area (Å²) < 4.78 is 7.28. The van der Waals surface area contributed by atoms with E-state index in [4.69, 9.17) is 10.5 Å². The lowest BCUT2D eigenvalue weighted by Gasteiger charge is -2.14. The first-order valence-electron chi connectivity index (χ1n) is 5.70.